The molecule has 0 aromatic carbocycles. The van der Waals surface area contributed by atoms with Gasteiger partial charge in [0.15, 0.2) is 0 Å². The van der Waals surface area contributed by atoms with E-state index in [0.29, 0.717) is 19.1 Å². The molecule has 0 atom stereocenters. The number of carbonyl (C=O) groups excluding carboxylic acids is 1. The largest absolute Gasteiger partial charge is 0.395 e. The molecular formula is C12H24N2O2. The fourth-order valence-electron chi connectivity index (χ4n) is 2.34. The number of carbonyl (C=O) groups is 1. The van der Waals surface area contributed by atoms with E-state index in [2.05, 4.69) is 5.32 Å². The molecule has 1 fully saturated rings. The smallest absolute Gasteiger partial charge is 0.236 e. The van der Waals surface area contributed by atoms with Crippen LogP contribution in [0.3, 0.4) is 0 Å². The minimum absolute atomic E-state index is 0.0639. The monoisotopic (exact) mass is 228 g/mol. The molecule has 94 valence electrons. The van der Waals surface area contributed by atoms with Crippen LogP contribution in [0.2, 0.25) is 0 Å². The molecule has 0 spiro atoms. The minimum atomic E-state index is 0.0639. The van der Waals surface area contributed by atoms with Crippen molar-refractivity contribution in [2.24, 2.45) is 0 Å². The second-order valence-electron chi connectivity index (χ2n) is 4.38. The number of aliphatic hydroxyl groups is 1. The second-order valence-corrected chi connectivity index (χ2v) is 4.38. The van der Waals surface area contributed by atoms with E-state index in [9.17, 15) is 4.79 Å². The molecule has 16 heavy (non-hydrogen) atoms. The highest BCUT2D eigenvalue weighted by Crippen LogP contribution is 2.22. The Balaban J connectivity index is 2.47. The first-order chi connectivity index (χ1) is 7.79. The fourth-order valence-corrected chi connectivity index (χ4v) is 2.34. The summed E-state index contributed by atoms with van der Waals surface area (Å²) in [5.41, 5.74) is 0. The van der Waals surface area contributed by atoms with Gasteiger partial charge in [0.05, 0.1) is 13.2 Å². The topological polar surface area (TPSA) is 52.6 Å². The number of nitrogens with one attached hydrogen (secondary N) is 1. The van der Waals surface area contributed by atoms with Gasteiger partial charge in [0, 0.05) is 12.6 Å². The molecule has 1 saturated carbocycles. The third-order valence-electron chi connectivity index (χ3n) is 3.20. The van der Waals surface area contributed by atoms with Crippen molar-refractivity contribution >= 4 is 5.91 Å². The molecule has 0 unspecified atom stereocenters. The van der Waals surface area contributed by atoms with E-state index in [1.807, 2.05) is 11.8 Å². The zero-order valence-electron chi connectivity index (χ0n) is 10.2. The number of amides is 1. The van der Waals surface area contributed by atoms with Crippen molar-refractivity contribution in [3.63, 3.8) is 0 Å². The maximum atomic E-state index is 11.9. The van der Waals surface area contributed by atoms with Gasteiger partial charge in [0.1, 0.15) is 0 Å². The Morgan fingerprint density at radius 1 is 1.38 bits per heavy atom. The first-order valence-electron chi connectivity index (χ1n) is 6.40. The summed E-state index contributed by atoms with van der Waals surface area (Å²) in [4.78, 5) is 13.8. The van der Waals surface area contributed by atoms with Crippen LogP contribution in [0.25, 0.3) is 0 Å². The number of rotatable bonds is 6. The van der Waals surface area contributed by atoms with Crippen LogP contribution in [0, 0.1) is 0 Å². The third-order valence-corrected chi connectivity index (χ3v) is 3.20. The molecule has 1 aliphatic carbocycles. The molecule has 1 amide bonds. The molecular weight excluding hydrogens is 204 g/mol. The number of likely N-dealkylation sites (N-methyl/N-ethyl adjacent to an activating group) is 1. The van der Waals surface area contributed by atoms with E-state index >= 15 is 0 Å². The van der Waals surface area contributed by atoms with Crippen LogP contribution in [0.4, 0.5) is 0 Å². The van der Waals surface area contributed by atoms with Gasteiger partial charge in [-0.15, -0.1) is 0 Å². The predicted molar refractivity (Wildman–Crippen MR) is 64.2 cm³/mol. The van der Waals surface area contributed by atoms with Crippen molar-refractivity contribution < 1.29 is 9.90 Å². The Bertz CT molecular complexity index is 203. The van der Waals surface area contributed by atoms with Crippen LogP contribution < -0.4 is 5.32 Å². The lowest BCUT2D eigenvalue weighted by Crippen LogP contribution is -2.46. The van der Waals surface area contributed by atoms with Gasteiger partial charge < -0.3 is 15.3 Å². The van der Waals surface area contributed by atoms with Gasteiger partial charge in [0.25, 0.3) is 0 Å². The van der Waals surface area contributed by atoms with Gasteiger partial charge >= 0.3 is 0 Å². The highest BCUT2D eigenvalue weighted by molar-refractivity contribution is 5.78. The lowest BCUT2D eigenvalue weighted by atomic mass is 9.94. The maximum Gasteiger partial charge on any atom is 0.236 e. The quantitative estimate of drug-likeness (QED) is 0.705. The summed E-state index contributed by atoms with van der Waals surface area (Å²) in [6.07, 6.45) is 5.89. The van der Waals surface area contributed by atoms with Crippen molar-refractivity contribution in [2.75, 3.05) is 26.2 Å². The molecule has 0 aromatic heterocycles. The van der Waals surface area contributed by atoms with Gasteiger partial charge in [0.2, 0.25) is 5.91 Å². The molecule has 4 nitrogen and oxygen atoms in total. The van der Waals surface area contributed by atoms with Gasteiger partial charge in [-0.25, -0.2) is 0 Å². The summed E-state index contributed by atoms with van der Waals surface area (Å²) in [5.74, 6) is 0.128. The lowest BCUT2D eigenvalue weighted by molar-refractivity contribution is -0.133. The lowest BCUT2D eigenvalue weighted by Gasteiger charge is -2.34. The van der Waals surface area contributed by atoms with E-state index in [1.54, 1.807) is 0 Å². The van der Waals surface area contributed by atoms with E-state index in [4.69, 9.17) is 5.11 Å². The SMILES string of the molecule is CCNCC(=O)N(CCO)C1CCCCC1. The molecule has 2 N–H and O–H groups in total. The van der Waals surface area contributed by atoms with Crippen LogP contribution in [0.15, 0.2) is 0 Å². The molecule has 0 aliphatic heterocycles. The van der Waals surface area contributed by atoms with Gasteiger partial charge in [-0.1, -0.05) is 26.2 Å². The number of nitrogens with zero attached hydrogens (tertiary/aromatic N) is 1. The summed E-state index contributed by atoms with van der Waals surface area (Å²) in [5, 5.41) is 12.1. The third kappa shape index (κ3) is 4.10. The van der Waals surface area contributed by atoms with Crippen LogP contribution in [-0.2, 0) is 4.79 Å². The van der Waals surface area contributed by atoms with Gasteiger partial charge in [-0.2, -0.15) is 0 Å². The van der Waals surface area contributed by atoms with Crippen molar-refractivity contribution in [1.82, 2.24) is 10.2 Å². The zero-order valence-corrected chi connectivity index (χ0v) is 10.2. The van der Waals surface area contributed by atoms with Crippen LogP contribution in [-0.4, -0.2) is 48.2 Å². The summed E-state index contributed by atoms with van der Waals surface area (Å²) in [7, 11) is 0. The minimum Gasteiger partial charge on any atom is -0.395 e. The van der Waals surface area contributed by atoms with Crippen LogP contribution in [0.1, 0.15) is 39.0 Å². The van der Waals surface area contributed by atoms with Crippen LogP contribution >= 0.6 is 0 Å². The average molecular weight is 228 g/mol. The molecule has 1 rings (SSSR count). The maximum absolute atomic E-state index is 11.9. The van der Waals surface area contributed by atoms with E-state index in [0.717, 1.165) is 19.4 Å². The Morgan fingerprint density at radius 2 is 2.06 bits per heavy atom. The number of hydrogen-bond donors (Lipinski definition) is 2. The summed E-state index contributed by atoms with van der Waals surface area (Å²) in [6.45, 7) is 3.74. The van der Waals surface area contributed by atoms with E-state index in [1.165, 1.54) is 19.3 Å². The molecule has 0 aromatic rings. The molecule has 0 bridgehead atoms. The highest BCUT2D eigenvalue weighted by atomic mass is 16.3. The number of aliphatic hydroxyl groups excluding tert-OH is 1. The average Bonchev–Trinajstić information content (AvgIpc) is 2.34. The molecule has 1 aliphatic rings. The van der Waals surface area contributed by atoms with E-state index in [-0.39, 0.29) is 12.5 Å². The Labute approximate surface area is 98.0 Å². The number of hydrogen-bond acceptors (Lipinski definition) is 3. The van der Waals surface area contributed by atoms with Crippen molar-refractivity contribution in [3.05, 3.63) is 0 Å². The van der Waals surface area contributed by atoms with Gasteiger partial charge in [-0.3, -0.25) is 4.79 Å². The Morgan fingerprint density at radius 3 is 2.62 bits per heavy atom. The van der Waals surface area contributed by atoms with Crippen molar-refractivity contribution in [3.8, 4) is 0 Å². The summed E-state index contributed by atoms with van der Waals surface area (Å²) in [6, 6.07) is 0.354. The molecule has 0 heterocycles. The fraction of sp³-hybridized carbons (Fsp3) is 0.917. The Hall–Kier alpha value is -0.610. The van der Waals surface area contributed by atoms with Crippen LogP contribution in [0.5, 0.6) is 0 Å². The first-order valence-corrected chi connectivity index (χ1v) is 6.40. The second kappa shape index (κ2) is 7.63. The van der Waals surface area contributed by atoms with Crippen molar-refractivity contribution in [2.45, 2.75) is 45.1 Å². The summed E-state index contributed by atoms with van der Waals surface area (Å²) >= 11 is 0. The molecule has 0 saturated heterocycles. The van der Waals surface area contributed by atoms with Gasteiger partial charge in [-0.05, 0) is 19.4 Å². The highest BCUT2D eigenvalue weighted by Gasteiger charge is 2.24. The summed E-state index contributed by atoms with van der Waals surface area (Å²) < 4.78 is 0. The van der Waals surface area contributed by atoms with E-state index < -0.39 is 0 Å². The standard InChI is InChI=1S/C12H24N2O2/c1-2-13-10-12(16)14(8-9-15)11-6-4-3-5-7-11/h11,13,15H,2-10H2,1H3. The molecule has 0 radical (unpaired) electrons. The predicted octanol–water partition coefficient (Wildman–Crippen LogP) is 0.749. The zero-order chi connectivity index (χ0) is 11.8. The normalized spacial score (nSPS) is 17.4. The molecule has 4 heteroatoms. The van der Waals surface area contributed by atoms with Crippen molar-refractivity contribution in [1.29, 1.82) is 0 Å². The Kier molecular flexibility index (Phi) is 6.42. The first kappa shape index (κ1) is 13.5.